The molecule has 0 saturated carbocycles. The van der Waals surface area contributed by atoms with E-state index in [1.54, 1.807) is 135 Å². The second-order valence-corrected chi connectivity index (χ2v) is 26.0. The van der Waals surface area contributed by atoms with Crippen LogP contribution in [0.25, 0.3) is 0 Å². The first-order valence-corrected chi connectivity index (χ1v) is 29.8. The van der Waals surface area contributed by atoms with Crippen molar-refractivity contribution in [2.45, 2.75) is 105 Å². The Balaban J connectivity index is -0.000000474. The summed E-state index contributed by atoms with van der Waals surface area (Å²) in [6.45, 7) is 10.6. The molecular weight excluding hydrogens is 987 g/mol. The van der Waals surface area contributed by atoms with Gasteiger partial charge in [0, 0.05) is 61.8 Å². The van der Waals surface area contributed by atoms with Crippen molar-refractivity contribution in [2.75, 3.05) is 75.5 Å². The van der Waals surface area contributed by atoms with Crippen LogP contribution in [0.1, 0.15) is 55.4 Å². The average molecular weight is 1080 g/mol. The summed E-state index contributed by atoms with van der Waals surface area (Å²) in [5.74, 6) is 1.03. The van der Waals surface area contributed by atoms with Gasteiger partial charge in [-0.3, -0.25) is 0 Å². The Bertz CT molecular complexity index is 1790. The molecule has 72 heavy (non-hydrogen) atoms. The fourth-order valence-electron chi connectivity index (χ4n) is 4.97. The van der Waals surface area contributed by atoms with E-state index in [9.17, 15) is 19.2 Å². The van der Waals surface area contributed by atoms with E-state index in [2.05, 4.69) is 16.7 Å². The maximum atomic E-state index is 11.8. The van der Waals surface area contributed by atoms with E-state index in [1.165, 1.54) is 0 Å². The number of carbonyl (C=O) groups is 4. The Morgan fingerprint density at radius 3 is 1.49 bits per heavy atom. The van der Waals surface area contributed by atoms with Gasteiger partial charge in [-0.05, 0) is 102 Å². The molecule has 0 spiro atoms. The highest BCUT2D eigenvalue weighted by atomic mass is 28.4. The lowest BCUT2D eigenvalue weighted by molar-refractivity contribution is 0.0124. The second kappa shape index (κ2) is 43.4. The smallest absolute Gasteiger partial charge is 0.508 e. The van der Waals surface area contributed by atoms with Crippen LogP contribution < -0.4 is 21.1 Å². The topological polar surface area (TPSA) is 249 Å². The number of benzene rings is 2. The van der Waals surface area contributed by atoms with E-state index in [0.29, 0.717) is 30.3 Å². The largest absolute Gasteiger partial charge is 0.515 e. The lowest BCUT2D eigenvalue weighted by Gasteiger charge is -2.22. The van der Waals surface area contributed by atoms with E-state index in [0.717, 1.165) is 43.9 Å². The fourth-order valence-corrected chi connectivity index (χ4v) is 9.18. The van der Waals surface area contributed by atoms with Crippen LogP contribution in [0.3, 0.4) is 0 Å². The Morgan fingerprint density at radius 2 is 1.06 bits per heavy atom. The van der Waals surface area contributed by atoms with Gasteiger partial charge in [-0.15, -0.1) is 0 Å². The number of ether oxygens (including phenoxy) is 6. The molecular formula is C49H88N3O17Si3+. The number of hydrogen-bond acceptors (Lipinski definition) is 18. The summed E-state index contributed by atoms with van der Waals surface area (Å²) in [6.07, 6.45) is 7.47. The van der Waals surface area contributed by atoms with Crippen molar-refractivity contribution in [3.63, 3.8) is 0 Å². The Labute approximate surface area is 433 Å². The zero-order chi connectivity index (χ0) is 52.0. The number of nitrogens with one attached hydrogen (secondary N) is 2. The number of phenols is 1. The number of nitrogens with two attached hydrogens (primary N) is 1. The highest BCUT2D eigenvalue weighted by Crippen LogP contribution is 2.15. The molecule has 20 nitrogen and oxygen atoms in total. The highest BCUT2D eigenvalue weighted by Gasteiger charge is 2.29. The van der Waals surface area contributed by atoms with Crippen molar-refractivity contribution in [2.24, 2.45) is 5.73 Å². The first kappa shape index (κ1) is 73.4. The van der Waals surface area contributed by atoms with Crippen molar-refractivity contribution in [3.8, 4) is 11.5 Å². The molecule has 1 aliphatic carbocycles. The number of aromatic hydroxyl groups is 1. The normalized spacial score (nSPS) is 12.0. The Kier molecular flexibility index (Phi) is 44.2. The minimum Gasteiger partial charge on any atom is -0.508 e. The van der Waals surface area contributed by atoms with Crippen molar-refractivity contribution in [1.29, 1.82) is 0 Å². The molecule has 0 heterocycles. The lowest BCUT2D eigenvalue weighted by Crippen LogP contribution is -2.38. The molecule has 2 atom stereocenters. The molecule has 2 unspecified atom stereocenters. The van der Waals surface area contributed by atoms with Gasteiger partial charge in [0.25, 0.3) is 0 Å². The number of allylic oxidation sites excluding steroid dienone is 5. The predicted octanol–water partition coefficient (Wildman–Crippen LogP) is 9.89. The van der Waals surface area contributed by atoms with E-state index in [4.69, 9.17) is 65.8 Å². The van der Waals surface area contributed by atoms with Gasteiger partial charge in [0.05, 0.1) is 12.2 Å². The second-order valence-electron chi connectivity index (χ2n) is 15.2. The molecule has 0 fully saturated rings. The molecule has 412 valence electrons. The van der Waals surface area contributed by atoms with Crippen molar-refractivity contribution >= 4 is 50.2 Å². The minimum atomic E-state index is -2.12. The van der Waals surface area contributed by atoms with Gasteiger partial charge < -0.3 is 76.5 Å². The standard InChI is InChI=1S/C17H38N2O8Si2.C17H15O6.C6H17NO2Si.C6H6O.3CH4/c1-15(27-17(21)19-11-9-13-29(7,24-4)25-5)14-26-16(20)18-10-8-12-28(6,22-2)23-3;1-13(21-17(19)23-15-10-6-3-7-11-15)12-20-16(18)22-14-8-4-2-5-9-14;1-8-10(3,9-2)6-4-5-7;7-6-4-2-1-3-5-6;;;/h15H,8-14H2,1-7H3,(H,18,20)(H,19,21);3-11,13H,12H2,1H3;4-7H2,1-3H3;1-5,7H;3*1H4/q;+1;;;;;. The van der Waals surface area contributed by atoms with Crippen molar-refractivity contribution in [1.82, 2.24) is 10.6 Å². The monoisotopic (exact) mass is 1070 g/mol. The third-order valence-electron chi connectivity index (χ3n) is 9.66. The lowest BCUT2D eigenvalue weighted by atomic mass is 10.3. The summed E-state index contributed by atoms with van der Waals surface area (Å²) in [4.78, 5) is 46.5. The van der Waals surface area contributed by atoms with Crippen LogP contribution in [0.5, 0.6) is 11.5 Å². The summed E-state index contributed by atoms with van der Waals surface area (Å²) in [6, 6.07) is 19.7. The van der Waals surface area contributed by atoms with Crippen LogP contribution in [0.4, 0.5) is 19.2 Å². The number of hydrogen-bond donors (Lipinski definition) is 4. The van der Waals surface area contributed by atoms with Crippen molar-refractivity contribution < 1.29 is 79.3 Å². The van der Waals surface area contributed by atoms with E-state index in [1.807, 2.05) is 25.7 Å². The van der Waals surface area contributed by atoms with Gasteiger partial charge >= 0.3 is 50.2 Å². The van der Waals surface area contributed by atoms with Crippen LogP contribution in [-0.4, -0.2) is 143 Å². The Morgan fingerprint density at radius 1 is 0.611 bits per heavy atom. The van der Waals surface area contributed by atoms with Gasteiger partial charge in [-0.2, -0.15) is 0 Å². The van der Waals surface area contributed by atoms with Gasteiger partial charge in [0.2, 0.25) is 5.76 Å². The van der Waals surface area contributed by atoms with Crippen LogP contribution in [0.2, 0.25) is 37.8 Å². The predicted molar refractivity (Wildman–Crippen MR) is 286 cm³/mol. The van der Waals surface area contributed by atoms with Crippen LogP contribution in [0, 0.1) is 6.08 Å². The maximum Gasteiger partial charge on any atom is 0.515 e. The number of carbonyl (C=O) groups excluding carboxylic acids is 4. The first-order chi connectivity index (χ1) is 32.8. The molecule has 0 aliphatic heterocycles. The molecule has 5 N–H and O–H groups in total. The molecule has 0 bridgehead atoms. The molecule has 0 aromatic heterocycles. The van der Waals surface area contributed by atoms with Gasteiger partial charge in [0.15, 0.2) is 0 Å². The minimum absolute atomic E-state index is 0. The molecule has 2 aromatic rings. The zero-order valence-corrected chi connectivity index (χ0v) is 45.1. The number of rotatable bonds is 25. The van der Waals surface area contributed by atoms with Crippen LogP contribution in [0.15, 0.2) is 90.7 Å². The fraction of sp³-hybridized carbons (Fsp3) is 0.551. The van der Waals surface area contributed by atoms with Crippen molar-refractivity contribution in [3.05, 3.63) is 96.8 Å². The molecule has 1 aliphatic rings. The first-order valence-electron chi connectivity index (χ1n) is 22.2. The summed E-state index contributed by atoms with van der Waals surface area (Å²) in [5, 5.41) is 13.9. The summed E-state index contributed by atoms with van der Waals surface area (Å²) < 4.78 is 61.9. The number of phenolic OH excluding ortho intramolecular Hbond substituents is 1. The zero-order valence-electron chi connectivity index (χ0n) is 42.1. The molecule has 2 amide bonds. The number of para-hydroxylation sites is 2. The van der Waals surface area contributed by atoms with Gasteiger partial charge in [0.1, 0.15) is 49.1 Å². The highest BCUT2D eigenvalue weighted by molar-refractivity contribution is 6.66. The average Bonchev–Trinajstić information content (AvgIpc) is 3.35. The molecule has 0 saturated heterocycles. The van der Waals surface area contributed by atoms with E-state index < -0.39 is 62.4 Å². The third-order valence-corrected chi connectivity index (χ3v) is 18.6. The summed E-state index contributed by atoms with van der Waals surface area (Å²) in [5.41, 5.74) is 5.36. The SMILES string of the molecule is C.C.C.CC(COC(=O)OC1=CC=[C+]C=C1)OC(=O)Oc1ccccc1.CO[Si](C)(CCCN)OC.CO[Si](C)(CCCNC(=O)OCC(C)OC(=O)NCCC[Si](C)(OC)OC)OC.Oc1ccccc1. The molecule has 0 radical (unpaired) electrons. The Hall–Kier alpha value is -5.18. The third kappa shape index (κ3) is 37.6. The van der Waals surface area contributed by atoms with E-state index >= 15 is 0 Å². The molecule has 23 heteroatoms. The molecule has 2 aromatic carbocycles. The molecule has 3 rings (SSSR count). The quantitative estimate of drug-likeness (QED) is 0.0180. The maximum absolute atomic E-state index is 11.8. The van der Waals surface area contributed by atoms with E-state index in [-0.39, 0.29) is 35.5 Å². The van der Waals surface area contributed by atoms with Gasteiger partial charge in [-0.1, -0.05) is 58.7 Å². The van der Waals surface area contributed by atoms with Crippen LogP contribution in [-0.2, 0) is 50.2 Å². The number of alkyl carbamates (subject to hydrolysis) is 2. The van der Waals surface area contributed by atoms with Gasteiger partial charge in [-0.25, -0.2) is 19.2 Å². The summed E-state index contributed by atoms with van der Waals surface area (Å²) in [7, 11) is 3.89. The summed E-state index contributed by atoms with van der Waals surface area (Å²) >= 11 is 0. The number of amides is 2. The van der Waals surface area contributed by atoms with Crippen LogP contribution >= 0.6 is 0 Å².